The van der Waals surface area contributed by atoms with Gasteiger partial charge in [0.25, 0.3) is 0 Å². The number of hydrogen-bond acceptors (Lipinski definition) is 2. The predicted octanol–water partition coefficient (Wildman–Crippen LogP) is 3.02. The Balaban J connectivity index is 2.61. The van der Waals surface area contributed by atoms with Gasteiger partial charge in [-0.3, -0.25) is 0 Å². The Morgan fingerprint density at radius 3 is 2.67 bits per heavy atom. The molecule has 0 saturated heterocycles. The van der Waals surface area contributed by atoms with Crippen molar-refractivity contribution in [3.63, 3.8) is 0 Å². The first-order valence-electron chi connectivity index (χ1n) is 6.63. The van der Waals surface area contributed by atoms with Gasteiger partial charge < -0.3 is 10.2 Å². The molecule has 2 nitrogen and oxygen atoms in total. The summed E-state index contributed by atoms with van der Waals surface area (Å²) in [6.45, 7) is 6.89. The number of benzene rings is 1. The molecule has 0 amide bonds. The summed E-state index contributed by atoms with van der Waals surface area (Å²) in [5, 5.41) is 3.09. The fourth-order valence-electron chi connectivity index (χ4n) is 1.91. The van der Waals surface area contributed by atoms with Crippen LogP contribution in [0.5, 0.6) is 0 Å². The second-order valence-corrected chi connectivity index (χ2v) is 5.38. The van der Waals surface area contributed by atoms with Crippen LogP contribution in [0.1, 0.15) is 31.4 Å². The topological polar surface area (TPSA) is 15.3 Å². The summed E-state index contributed by atoms with van der Waals surface area (Å²) < 4.78 is 13.7. The zero-order valence-corrected chi connectivity index (χ0v) is 12.0. The summed E-state index contributed by atoms with van der Waals surface area (Å²) in [5.74, 6) is 0.583. The number of nitrogens with zero attached hydrogens (tertiary/aromatic N) is 1. The van der Waals surface area contributed by atoms with E-state index in [0.717, 1.165) is 30.6 Å². The average Bonchev–Trinajstić information content (AvgIpc) is 2.31. The van der Waals surface area contributed by atoms with Crippen LogP contribution in [0.3, 0.4) is 0 Å². The smallest absolute Gasteiger partial charge is 0.127 e. The van der Waals surface area contributed by atoms with Crippen LogP contribution < -0.4 is 5.32 Å². The zero-order valence-electron chi connectivity index (χ0n) is 12.0. The van der Waals surface area contributed by atoms with E-state index in [9.17, 15) is 4.39 Å². The first kappa shape index (κ1) is 15.1. The lowest BCUT2D eigenvalue weighted by Gasteiger charge is -2.18. The zero-order chi connectivity index (χ0) is 13.5. The van der Waals surface area contributed by atoms with Crippen LogP contribution in [0.4, 0.5) is 4.39 Å². The molecule has 0 aromatic heterocycles. The summed E-state index contributed by atoms with van der Waals surface area (Å²) in [5.41, 5.74) is 1.92. The highest BCUT2D eigenvalue weighted by Gasteiger charge is 2.07. The number of halogens is 1. The fourth-order valence-corrected chi connectivity index (χ4v) is 1.91. The molecular weight excluding hydrogens is 227 g/mol. The summed E-state index contributed by atoms with van der Waals surface area (Å²) in [6.07, 6.45) is 1.15. The van der Waals surface area contributed by atoms with Crippen molar-refractivity contribution in [2.75, 3.05) is 20.6 Å². The number of nitrogens with one attached hydrogen (secondary N) is 1. The average molecular weight is 252 g/mol. The van der Waals surface area contributed by atoms with Crippen LogP contribution in [0, 0.1) is 11.7 Å². The molecule has 0 atom stereocenters. The van der Waals surface area contributed by atoms with E-state index >= 15 is 0 Å². The maximum atomic E-state index is 13.7. The molecule has 0 fully saturated rings. The monoisotopic (exact) mass is 252 g/mol. The van der Waals surface area contributed by atoms with Crippen LogP contribution in [-0.2, 0) is 13.1 Å². The van der Waals surface area contributed by atoms with Crippen LogP contribution >= 0.6 is 0 Å². The third-order valence-electron chi connectivity index (χ3n) is 3.02. The van der Waals surface area contributed by atoms with Gasteiger partial charge in [0.2, 0.25) is 0 Å². The predicted molar refractivity (Wildman–Crippen MR) is 75.0 cm³/mol. The highest BCUT2D eigenvalue weighted by atomic mass is 19.1. The molecule has 0 heterocycles. The van der Waals surface area contributed by atoms with E-state index in [-0.39, 0.29) is 5.82 Å². The van der Waals surface area contributed by atoms with E-state index in [0.29, 0.717) is 12.5 Å². The molecule has 18 heavy (non-hydrogen) atoms. The van der Waals surface area contributed by atoms with E-state index in [2.05, 4.69) is 24.1 Å². The summed E-state index contributed by atoms with van der Waals surface area (Å²) in [7, 11) is 3.95. The Labute approximate surface area is 110 Å². The molecule has 102 valence electrons. The molecule has 1 rings (SSSR count). The molecule has 0 bridgehead atoms. The quantitative estimate of drug-likeness (QED) is 0.802. The van der Waals surface area contributed by atoms with Gasteiger partial charge in [-0.05, 0) is 44.6 Å². The van der Waals surface area contributed by atoms with E-state index in [1.165, 1.54) is 0 Å². The molecule has 0 aliphatic heterocycles. The van der Waals surface area contributed by atoms with Crippen molar-refractivity contribution in [2.24, 2.45) is 5.92 Å². The Bertz CT molecular complexity index is 364. The Morgan fingerprint density at radius 2 is 2.06 bits per heavy atom. The van der Waals surface area contributed by atoms with Crippen molar-refractivity contribution in [3.05, 3.63) is 35.1 Å². The van der Waals surface area contributed by atoms with Crippen molar-refractivity contribution < 1.29 is 4.39 Å². The van der Waals surface area contributed by atoms with Crippen molar-refractivity contribution in [1.29, 1.82) is 0 Å². The van der Waals surface area contributed by atoms with Gasteiger partial charge in [-0.2, -0.15) is 0 Å². The third kappa shape index (κ3) is 5.15. The van der Waals surface area contributed by atoms with Crippen LogP contribution in [0.25, 0.3) is 0 Å². The van der Waals surface area contributed by atoms with E-state index in [4.69, 9.17) is 0 Å². The standard InChI is InChI=1S/C15H25FN2/c1-12(2)7-8-18(4)11-14-9-13(10-17-3)5-6-15(14)16/h5-6,9,12,17H,7-8,10-11H2,1-4H3. The van der Waals surface area contributed by atoms with Crippen molar-refractivity contribution >= 4 is 0 Å². The van der Waals surface area contributed by atoms with Crippen molar-refractivity contribution in [2.45, 2.75) is 33.4 Å². The largest absolute Gasteiger partial charge is 0.316 e. The van der Waals surface area contributed by atoms with Gasteiger partial charge in [-0.15, -0.1) is 0 Å². The molecule has 3 heteroatoms. The van der Waals surface area contributed by atoms with Crippen molar-refractivity contribution in [1.82, 2.24) is 10.2 Å². The Morgan fingerprint density at radius 1 is 1.33 bits per heavy atom. The Kier molecular flexibility index (Phi) is 6.30. The highest BCUT2D eigenvalue weighted by Crippen LogP contribution is 2.13. The maximum absolute atomic E-state index is 13.7. The minimum Gasteiger partial charge on any atom is -0.316 e. The molecular formula is C15H25FN2. The summed E-state index contributed by atoms with van der Waals surface area (Å²) in [6, 6.07) is 5.36. The first-order valence-corrected chi connectivity index (χ1v) is 6.63. The second-order valence-electron chi connectivity index (χ2n) is 5.38. The minimum absolute atomic E-state index is 0.105. The third-order valence-corrected chi connectivity index (χ3v) is 3.02. The van der Waals surface area contributed by atoms with E-state index in [1.54, 1.807) is 6.07 Å². The molecule has 0 saturated carbocycles. The number of rotatable bonds is 7. The van der Waals surface area contributed by atoms with Gasteiger partial charge in [0.05, 0.1) is 0 Å². The second kappa shape index (κ2) is 7.49. The molecule has 0 aliphatic rings. The number of hydrogen-bond donors (Lipinski definition) is 1. The maximum Gasteiger partial charge on any atom is 0.127 e. The molecule has 0 aliphatic carbocycles. The molecule has 1 N–H and O–H groups in total. The lowest BCUT2D eigenvalue weighted by atomic mass is 10.1. The van der Waals surface area contributed by atoms with Gasteiger partial charge >= 0.3 is 0 Å². The van der Waals surface area contributed by atoms with Gasteiger partial charge in [-0.25, -0.2) is 4.39 Å². The van der Waals surface area contributed by atoms with Crippen LogP contribution in [0.15, 0.2) is 18.2 Å². The van der Waals surface area contributed by atoms with Crippen molar-refractivity contribution in [3.8, 4) is 0 Å². The minimum atomic E-state index is -0.105. The van der Waals surface area contributed by atoms with E-state index < -0.39 is 0 Å². The van der Waals surface area contributed by atoms with Crippen LogP contribution in [0.2, 0.25) is 0 Å². The summed E-state index contributed by atoms with van der Waals surface area (Å²) >= 11 is 0. The van der Waals surface area contributed by atoms with Gasteiger partial charge in [0, 0.05) is 18.7 Å². The molecule has 1 aromatic carbocycles. The van der Waals surface area contributed by atoms with Gasteiger partial charge in [0.15, 0.2) is 0 Å². The van der Waals surface area contributed by atoms with Crippen LogP contribution in [-0.4, -0.2) is 25.5 Å². The van der Waals surface area contributed by atoms with E-state index in [1.807, 2.05) is 26.2 Å². The Hall–Kier alpha value is -0.930. The SMILES string of the molecule is CNCc1ccc(F)c(CN(C)CCC(C)C)c1. The van der Waals surface area contributed by atoms with Gasteiger partial charge in [-0.1, -0.05) is 26.0 Å². The lowest BCUT2D eigenvalue weighted by molar-refractivity contribution is 0.299. The normalized spacial score (nSPS) is 11.5. The van der Waals surface area contributed by atoms with Gasteiger partial charge in [0.1, 0.15) is 5.82 Å². The molecule has 1 aromatic rings. The molecule has 0 spiro atoms. The summed E-state index contributed by atoms with van der Waals surface area (Å²) in [4.78, 5) is 2.18. The fraction of sp³-hybridized carbons (Fsp3) is 0.600. The molecule has 0 radical (unpaired) electrons. The lowest BCUT2D eigenvalue weighted by Crippen LogP contribution is -2.21. The first-order chi connectivity index (χ1) is 8.52. The molecule has 0 unspecified atom stereocenters. The highest BCUT2D eigenvalue weighted by molar-refractivity contribution is 5.25.